The monoisotopic (exact) mass is 234 g/mol. The number of carbonyl (C=O) groups excluding carboxylic acids is 1. The first-order valence-corrected chi connectivity index (χ1v) is 6.05. The summed E-state index contributed by atoms with van der Waals surface area (Å²) >= 11 is 0. The van der Waals surface area contributed by atoms with Crippen molar-refractivity contribution in [2.24, 2.45) is 5.73 Å². The fourth-order valence-corrected chi connectivity index (χ4v) is 1.88. The van der Waals surface area contributed by atoms with Crippen LogP contribution in [0.4, 0.5) is 5.69 Å². The van der Waals surface area contributed by atoms with Gasteiger partial charge in [-0.15, -0.1) is 0 Å². The standard InChI is InChI=1S/C13H18N2O2/c14-7-1-2-8-17-11-5-3-10-4-6-13(16)15-12(10)9-11/h3,5,9H,1-2,4,6-8,14H2,(H,15,16). The number of unbranched alkanes of at least 4 members (excludes halogenated alkanes) is 1. The fraction of sp³-hybridized carbons (Fsp3) is 0.462. The highest BCUT2D eigenvalue weighted by Gasteiger charge is 2.14. The molecule has 4 heteroatoms. The lowest BCUT2D eigenvalue weighted by Crippen LogP contribution is -2.18. The summed E-state index contributed by atoms with van der Waals surface area (Å²) in [5.74, 6) is 0.890. The number of ether oxygens (including phenoxy) is 1. The van der Waals surface area contributed by atoms with Gasteiger partial charge in [0.1, 0.15) is 5.75 Å². The zero-order valence-electron chi connectivity index (χ0n) is 9.87. The smallest absolute Gasteiger partial charge is 0.224 e. The average Bonchev–Trinajstić information content (AvgIpc) is 2.34. The molecular weight excluding hydrogens is 216 g/mol. The molecule has 1 aliphatic heterocycles. The van der Waals surface area contributed by atoms with Crippen molar-refractivity contribution in [1.82, 2.24) is 0 Å². The number of nitrogens with two attached hydrogens (primary N) is 1. The van der Waals surface area contributed by atoms with E-state index in [1.165, 1.54) is 5.56 Å². The largest absolute Gasteiger partial charge is 0.494 e. The third-order valence-corrected chi connectivity index (χ3v) is 2.84. The van der Waals surface area contributed by atoms with Crippen LogP contribution in [0.3, 0.4) is 0 Å². The summed E-state index contributed by atoms with van der Waals surface area (Å²) in [5, 5.41) is 2.86. The Hall–Kier alpha value is -1.55. The minimum Gasteiger partial charge on any atom is -0.494 e. The van der Waals surface area contributed by atoms with Crippen LogP contribution in [-0.2, 0) is 11.2 Å². The Bertz CT molecular complexity index is 404. The second-order valence-electron chi connectivity index (χ2n) is 4.21. The Morgan fingerprint density at radius 3 is 3.00 bits per heavy atom. The summed E-state index contributed by atoms with van der Waals surface area (Å²) in [6.07, 6.45) is 3.32. The van der Waals surface area contributed by atoms with Gasteiger partial charge in [-0.1, -0.05) is 6.07 Å². The molecule has 17 heavy (non-hydrogen) atoms. The van der Waals surface area contributed by atoms with E-state index < -0.39 is 0 Å². The molecule has 0 spiro atoms. The Morgan fingerprint density at radius 2 is 2.18 bits per heavy atom. The predicted octanol–water partition coefficient (Wildman–Crippen LogP) is 1.69. The number of aryl methyl sites for hydroxylation is 1. The van der Waals surface area contributed by atoms with E-state index in [9.17, 15) is 4.79 Å². The summed E-state index contributed by atoms with van der Waals surface area (Å²) in [4.78, 5) is 11.3. The highest BCUT2D eigenvalue weighted by atomic mass is 16.5. The number of amides is 1. The lowest BCUT2D eigenvalue weighted by Gasteiger charge is -2.17. The molecule has 0 saturated heterocycles. The van der Waals surface area contributed by atoms with Crippen molar-refractivity contribution in [2.75, 3.05) is 18.5 Å². The van der Waals surface area contributed by atoms with Gasteiger partial charge >= 0.3 is 0 Å². The zero-order chi connectivity index (χ0) is 12.1. The van der Waals surface area contributed by atoms with Crippen LogP contribution in [0.2, 0.25) is 0 Å². The first-order valence-electron chi connectivity index (χ1n) is 6.05. The first-order chi connectivity index (χ1) is 8.29. The van der Waals surface area contributed by atoms with Gasteiger partial charge in [0.25, 0.3) is 0 Å². The van der Waals surface area contributed by atoms with E-state index in [0.717, 1.165) is 30.7 Å². The molecule has 0 aliphatic carbocycles. The first kappa shape index (κ1) is 11.9. The van der Waals surface area contributed by atoms with Crippen LogP contribution in [-0.4, -0.2) is 19.1 Å². The van der Waals surface area contributed by atoms with E-state index in [0.29, 0.717) is 19.6 Å². The van der Waals surface area contributed by atoms with Crippen LogP contribution in [0.5, 0.6) is 5.75 Å². The molecule has 0 unspecified atom stereocenters. The molecule has 0 atom stereocenters. The summed E-state index contributed by atoms with van der Waals surface area (Å²) < 4.78 is 5.60. The van der Waals surface area contributed by atoms with Crippen LogP contribution in [0.25, 0.3) is 0 Å². The second kappa shape index (κ2) is 5.68. The van der Waals surface area contributed by atoms with E-state index in [1.807, 2.05) is 18.2 Å². The second-order valence-corrected chi connectivity index (χ2v) is 4.21. The number of fused-ring (bicyclic) bond motifs is 1. The number of hydrogen-bond acceptors (Lipinski definition) is 3. The lowest BCUT2D eigenvalue weighted by molar-refractivity contribution is -0.116. The van der Waals surface area contributed by atoms with Crippen molar-refractivity contribution in [3.8, 4) is 5.75 Å². The predicted molar refractivity (Wildman–Crippen MR) is 67.2 cm³/mol. The number of carbonyl (C=O) groups is 1. The van der Waals surface area contributed by atoms with E-state index in [4.69, 9.17) is 10.5 Å². The van der Waals surface area contributed by atoms with Crippen molar-refractivity contribution in [1.29, 1.82) is 0 Å². The van der Waals surface area contributed by atoms with Gasteiger partial charge in [0.15, 0.2) is 0 Å². The molecule has 1 aliphatic rings. The van der Waals surface area contributed by atoms with E-state index in [1.54, 1.807) is 0 Å². The van der Waals surface area contributed by atoms with Crippen LogP contribution >= 0.6 is 0 Å². The van der Waals surface area contributed by atoms with Gasteiger partial charge in [-0.05, 0) is 37.4 Å². The normalized spacial score (nSPS) is 14.1. The minimum atomic E-state index is 0.0813. The van der Waals surface area contributed by atoms with Crippen LogP contribution in [0, 0.1) is 0 Å². The Morgan fingerprint density at radius 1 is 1.29 bits per heavy atom. The molecule has 2 rings (SSSR count). The van der Waals surface area contributed by atoms with Crippen molar-refractivity contribution in [3.63, 3.8) is 0 Å². The molecule has 0 aromatic heterocycles. The zero-order valence-corrected chi connectivity index (χ0v) is 9.87. The van der Waals surface area contributed by atoms with Gasteiger partial charge < -0.3 is 15.8 Å². The van der Waals surface area contributed by atoms with Gasteiger partial charge in [-0.3, -0.25) is 4.79 Å². The van der Waals surface area contributed by atoms with Crippen molar-refractivity contribution in [3.05, 3.63) is 23.8 Å². The van der Waals surface area contributed by atoms with Gasteiger partial charge in [-0.2, -0.15) is 0 Å². The highest BCUT2D eigenvalue weighted by Crippen LogP contribution is 2.27. The van der Waals surface area contributed by atoms with Crippen molar-refractivity contribution >= 4 is 11.6 Å². The summed E-state index contributed by atoms with van der Waals surface area (Å²) in [6.45, 7) is 1.37. The summed E-state index contributed by atoms with van der Waals surface area (Å²) in [5.41, 5.74) is 7.48. The molecule has 0 saturated carbocycles. The van der Waals surface area contributed by atoms with Crippen LogP contribution in [0.1, 0.15) is 24.8 Å². The third-order valence-electron chi connectivity index (χ3n) is 2.84. The molecule has 3 N–H and O–H groups in total. The van der Waals surface area contributed by atoms with Gasteiger partial charge in [0.05, 0.1) is 6.61 Å². The Balaban J connectivity index is 1.95. The third kappa shape index (κ3) is 3.20. The van der Waals surface area contributed by atoms with E-state index in [-0.39, 0.29) is 5.91 Å². The molecule has 92 valence electrons. The molecular formula is C13H18N2O2. The molecule has 1 heterocycles. The lowest BCUT2D eigenvalue weighted by atomic mass is 10.0. The number of anilines is 1. The summed E-state index contributed by atoms with van der Waals surface area (Å²) in [7, 11) is 0. The van der Waals surface area contributed by atoms with Gasteiger partial charge in [-0.25, -0.2) is 0 Å². The summed E-state index contributed by atoms with van der Waals surface area (Å²) in [6, 6.07) is 5.88. The van der Waals surface area contributed by atoms with E-state index in [2.05, 4.69) is 5.32 Å². The quantitative estimate of drug-likeness (QED) is 0.762. The number of nitrogens with one attached hydrogen (secondary N) is 1. The molecule has 1 aromatic rings. The molecule has 1 amide bonds. The average molecular weight is 234 g/mol. The highest BCUT2D eigenvalue weighted by molar-refractivity contribution is 5.94. The van der Waals surface area contributed by atoms with Gasteiger partial charge in [0, 0.05) is 18.2 Å². The van der Waals surface area contributed by atoms with Crippen LogP contribution < -0.4 is 15.8 Å². The fourth-order valence-electron chi connectivity index (χ4n) is 1.88. The van der Waals surface area contributed by atoms with Gasteiger partial charge in [0.2, 0.25) is 5.91 Å². The minimum absolute atomic E-state index is 0.0813. The Labute approximate surface area is 101 Å². The SMILES string of the molecule is NCCCCOc1ccc2c(c1)NC(=O)CC2. The molecule has 0 radical (unpaired) electrons. The topological polar surface area (TPSA) is 64.3 Å². The number of benzene rings is 1. The molecule has 1 aromatic carbocycles. The maximum absolute atomic E-state index is 11.3. The van der Waals surface area contributed by atoms with Crippen molar-refractivity contribution < 1.29 is 9.53 Å². The molecule has 4 nitrogen and oxygen atoms in total. The number of hydrogen-bond donors (Lipinski definition) is 2. The Kier molecular flexibility index (Phi) is 3.98. The molecule has 0 fully saturated rings. The van der Waals surface area contributed by atoms with Crippen molar-refractivity contribution in [2.45, 2.75) is 25.7 Å². The maximum Gasteiger partial charge on any atom is 0.224 e. The molecule has 0 bridgehead atoms. The maximum atomic E-state index is 11.3. The van der Waals surface area contributed by atoms with Crippen LogP contribution in [0.15, 0.2) is 18.2 Å². The van der Waals surface area contributed by atoms with E-state index >= 15 is 0 Å². The number of rotatable bonds is 5.